The van der Waals surface area contributed by atoms with Crippen LogP contribution in [0, 0.1) is 6.92 Å². The highest BCUT2D eigenvalue weighted by atomic mass is 35.5. The number of aryl methyl sites for hydroxylation is 1. The van der Waals surface area contributed by atoms with Crippen molar-refractivity contribution in [2.24, 2.45) is 0 Å². The van der Waals surface area contributed by atoms with E-state index in [-0.39, 0.29) is 23.5 Å². The number of hydrogen-bond acceptors (Lipinski definition) is 5. The van der Waals surface area contributed by atoms with Crippen LogP contribution in [0.1, 0.15) is 12.0 Å². The molecule has 1 N–H and O–H groups in total. The first-order valence-corrected chi connectivity index (χ1v) is 10.4. The summed E-state index contributed by atoms with van der Waals surface area (Å²) in [5.74, 6) is 0. The Labute approximate surface area is 164 Å². The number of sulfonamides is 1. The van der Waals surface area contributed by atoms with Crippen molar-refractivity contribution in [3.63, 3.8) is 0 Å². The Morgan fingerprint density at radius 1 is 1.23 bits per heavy atom. The molecule has 2 aliphatic heterocycles. The molecule has 0 bridgehead atoms. The fraction of sp³-hybridized carbons (Fsp3) is 0.529. The van der Waals surface area contributed by atoms with E-state index in [4.69, 9.17) is 16.0 Å². The number of fused-ring (bicyclic) bond motifs is 1. The van der Waals surface area contributed by atoms with Crippen LogP contribution in [0.3, 0.4) is 0 Å². The van der Waals surface area contributed by atoms with E-state index in [2.05, 4.69) is 10.2 Å². The van der Waals surface area contributed by atoms with Gasteiger partial charge in [-0.15, -0.1) is 12.4 Å². The Hall–Kier alpha value is -0.830. The van der Waals surface area contributed by atoms with Crippen molar-refractivity contribution in [3.8, 4) is 0 Å². The molecule has 26 heavy (non-hydrogen) atoms. The maximum absolute atomic E-state index is 13.1. The smallest absolute Gasteiger partial charge is 0.276 e. The molecule has 1 unspecified atom stereocenters. The van der Waals surface area contributed by atoms with Gasteiger partial charge in [0.25, 0.3) is 10.0 Å². The summed E-state index contributed by atoms with van der Waals surface area (Å²) in [4.78, 5) is 2.39. The standard InChI is InChI=1S/C17H22ClN3O3S.ClH/c1-12-15-10-13(18)2-3-16(15)24-17(12)25(22,23)21-7-4-14(11-21)20-8-5-19-6-9-20;/h2-3,10,14,19H,4-9,11H2,1H3;1H. The molecule has 2 saturated heterocycles. The molecule has 3 heterocycles. The quantitative estimate of drug-likeness (QED) is 0.827. The zero-order valence-corrected chi connectivity index (χ0v) is 17.0. The third-order valence-corrected chi connectivity index (χ3v) is 7.33. The molecule has 1 aromatic carbocycles. The lowest BCUT2D eigenvalue weighted by molar-refractivity contribution is 0.179. The second kappa shape index (κ2) is 7.66. The minimum Gasteiger partial charge on any atom is -0.443 e. The number of nitrogens with zero attached hydrogens (tertiary/aromatic N) is 2. The monoisotopic (exact) mass is 419 g/mol. The number of hydrogen-bond donors (Lipinski definition) is 1. The van der Waals surface area contributed by atoms with Gasteiger partial charge in [-0.3, -0.25) is 4.90 Å². The second-order valence-electron chi connectivity index (χ2n) is 6.75. The molecular weight excluding hydrogens is 397 g/mol. The molecule has 0 aliphatic carbocycles. The third-order valence-electron chi connectivity index (χ3n) is 5.22. The van der Waals surface area contributed by atoms with Gasteiger partial charge < -0.3 is 9.73 Å². The number of benzene rings is 1. The summed E-state index contributed by atoms with van der Waals surface area (Å²) in [5.41, 5.74) is 1.18. The fourth-order valence-corrected chi connectivity index (χ4v) is 5.62. The Kier molecular flexibility index (Phi) is 5.86. The van der Waals surface area contributed by atoms with E-state index in [0.29, 0.717) is 29.3 Å². The van der Waals surface area contributed by atoms with E-state index in [0.717, 1.165) is 38.0 Å². The van der Waals surface area contributed by atoms with Crippen molar-refractivity contribution in [1.82, 2.24) is 14.5 Å². The first kappa shape index (κ1) is 19.9. The van der Waals surface area contributed by atoms with E-state index >= 15 is 0 Å². The minimum atomic E-state index is -3.63. The van der Waals surface area contributed by atoms with Gasteiger partial charge in [-0.25, -0.2) is 8.42 Å². The Bertz CT molecular complexity index is 894. The van der Waals surface area contributed by atoms with Gasteiger partial charge in [-0.2, -0.15) is 4.31 Å². The van der Waals surface area contributed by atoms with Gasteiger partial charge >= 0.3 is 0 Å². The van der Waals surface area contributed by atoms with Gasteiger partial charge in [0.1, 0.15) is 5.58 Å². The normalized spacial score (nSPS) is 22.6. The molecule has 144 valence electrons. The maximum Gasteiger partial charge on any atom is 0.276 e. The molecule has 0 amide bonds. The van der Waals surface area contributed by atoms with Crippen LogP contribution in [0.4, 0.5) is 0 Å². The molecule has 2 fully saturated rings. The van der Waals surface area contributed by atoms with Crippen LogP contribution in [0.15, 0.2) is 27.7 Å². The van der Waals surface area contributed by atoms with Crippen molar-refractivity contribution < 1.29 is 12.8 Å². The van der Waals surface area contributed by atoms with E-state index in [1.54, 1.807) is 29.4 Å². The van der Waals surface area contributed by atoms with Crippen molar-refractivity contribution in [2.75, 3.05) is 39.3 Å². The van der Waals surface area contributed by atoms with Crippen LogP contribution < -0.4 is 5.32 Å². The van der Waals surface area contributed by atoms with Gasteiger partial charge in [-0.05, 0) is 31.5 Å². The predicted molar refractivity (Wildman–Crippen MR) is 105 cm³/mol. The van der Waals surface area contributed by atoms with Crippen LogP contribution in [0.25, 0.3) is 11.0 Å². The Morgan fingerprint density at radius 3 is 2.69 bits per heavy atom. The first-order chi connectivity index (χ1) is 12.0. The number of halogens is 2. The largest absolute Gasteiger partial charge is 0.443 e. The summed E-state index contributed by atoms with van der Waals surface area (Å²) in [5, 5.41) is 4.70. The third kappa shape index (κ3) is 3.48. The zero-order chi connectivity index (χ0) is 17.6. The molecule has 1 aromatic heterocycles. The van der Waals surface area contributed by atoms with E-state index in [1.165, 1.54) is 0 Å². The molecule has 0 spiro atoms. The predicted octanol–water partition coefficient (Wildman–Crippen LogP) is 2.48. The van der Waals surface area contributed by atoms with Gasteiger partial charge in [0.2, 0.25) is 5.09 Å². The Balaban J connectivity index is 0.00000196. The lowest BCUT2D eigenvalue weighted by atomic mass is 10.2. The lowest BCUT2D eigenvalue weighted by Crippen LogP contribution is -2.49. The second-order valence-corrected chi connectivity index (χ2v) is 9.02. The maximum atomic E-state index is 13.1. The molecule has 2 aromatic rings. The summed E-state index contributed by atoms with van der Waals surface area (Å²) >= 11 is 6.03. The van der Waals surface area contributed by atoms with Gasteiger partial charge in [0, 0.05) is 61.3 Å². The van der Waals surface area contributed by atoms with Crippen LogP contribution in [-0.4, -0.2) is 62.9 Å². The molecular formula is C17H23Cl2N3O3S. The minimum absolute atomic E-state index is 0. The molecule has 0 radical (unpaired) electrons. The summed E-state index contributed by atoms with van der Waals surface area (Å²) in [6.07, 6.45) is 0.865. The SMILES string of the molecule is Cc1c(S(=O)(=O)N2CCC(N3CCNCC3)C2)oc2ccc(Cl)cc12.Cl. The average molecular weight is 420 g/mol. The van der Waals surface area contributed by atoms with Crippen molar-refractivity contribution in [1.29, 1.82) is 0 Å². The first-order valence-electron chi connectivity index (χ1n) is 8.60. The number of rotatable bonds is 3. The molecule has 6 nitrogen and oxygen atoms in total. The highest BCUT2D eigenvalue weighted by Crippen LogP contribution is 2.33. The molecule has 2 aliphatic rings. The van der Waals surface area contributed by atoms with Gasteiger partial charge in [-0.1, -0.05) is 11.6 Å². The fourth-order valence-electron chi connectivity index (χ4n) is 3.81. The van der Waals surface area contributed by atoms with Crippen LogP contribution in [0.5, 0.6) is 0 Å². The summed E-state index contributed by atoms with van der Waals surface area (Å²) in [6.45, 7) is 6.72. The summed E-state index contributed by atoms with van der Waals surface area (Å²) < 4.78 is 33.5. The van der Waals surface area contributed by atoms with Crippen LogP contribution >= 0.6 is 24.0 Å². The van der Waals surface area contributed by atoms with Crippen LogP contribution in [0.2, 0.25) is 5.02 Å². The van der Waals surface area contributed by atoms with Crippen molar-refractivity contribution in [2.45, 2.75) is 24.5 Å². The van der Waals surface area contributed by atoms with Crippen molar-refractivity contribution in [3.05, 3.63) is 28.8 Å². The number of piperazine rings is 1. The highest BCUT2D eigenvalue weighted by Gasteiger charge is 2.38. The Morgan fingerprint density at radius 2 is 1.96 bits per heavy atom. The van der Waals surface area contributed by atoms with E-state index < -0.39 is 10.0 Å². The van der Waals surface area contributed by atoms with Crippen molar-refractivity contribution >= 4 is 45.0 Å². The molecule has 4 rings (SSSR count). The molecule has 1 atom stereocenters. The molecule has 0 saturated carbocycles. The van der Waals surface area contributed by atoms with Gasteiger partial charge in [0.15, 0.2) is 0 Å². The lowest BCUT2D eigenvalue weighted by Gasteiger charge is -2.32. The zero-order valence-electron chi connectivity index (χ0n) is 14.6. The van der Waals surface area contributed by atoms with E-state index in [1.807, 2.05) is 0 Å². The molecule has 9 heteroatoms. The average Bonchev–Trinajstić information content (AvgIpc) is 3.22. The highest BCUT2D eigenvalue weighted by molar-refractivity contribution is 7.89. The number of nitrogens with one attached hydrogen (secondary N) is 1. The topological polar surface area (TPSA) is 65.8 Å². The van der Waals surface area contributed by atoms with Gasteiger partial charge in [0.05, 0.1) is 0 Å². The summed E-state index contributed by atoms with van der Waals surface area (Å²) in [6, 6.07) is 5.47. The van der Waals surface area contributed by atoms with E-state index in [9.17, 15) is 8.42 Å². The van der Waals surface area contributed by atoms with Crippen LogP contribution in [-0.2, 0) is 10.0 Å². The number of furan rings is 1. The summed E-state index contributed by atoms with van der Waals surface area (Å²) in [7, 11) is -3.63.